The summed E-state index contributed by atoms with van der Waals surface area (Å²) in [6, 6.07) is 9.39. The summed E-state index contributed by atoms with van der Waals surface area (Å²) in [5.41, 5.74) is 0.590. The van der Waals surface area contributed by atoms with Gasteiger partial charge in [0.2, 0.25) is 0 Å². The molecule has 0 aliphatic heterocycles. The highest BCUT2D eigenvalue weighted by Crippen LogP contribution is 2.30. The first-order valence-corrected chi connectivity index (χ1v) is 8.76. The number of nitrogens with one attached hydrogen (secondary N) is 1. The largest absolute Gasteiger partial charge is 0.493 e. The molecule has 1 heterocycles. The summed E-state index contributed by atoms with van der Waals surface area (Å²) in [6.07, 6.45) is 1.62. The zero-order chi connectivity index (χ0) is 20.3. The van der Waals surface area contributed by atoms with E-state index in [0.29, 0.717) is 18.1 Å². The summed E-state index contributed by atoms with van der Waals surface area (Å²) in [7, 11) is 1.55. The first-order chi connectivity index (χ1) is 13.4. The molecule has 0 spiro atoms. The molecule has 0 radical (unpaired) electrons. The van der Waals surface area contributed by atoms with Crippen molar-refractivity contribution in [1.82, 2.24) is 9.97 Å². The molecule has 0 saturated heterocycles. The van der Waals surface area contributed by atoms with Crippen molar-refractivity contribution in [3.05, 3.63) is 63.7 Å². The van der Waals surface area contributed by atoms with Gasteiger partial charge in [0.15, 0.2) is 17.3 Å². The number of methoxy groups -OCH3 is 1. The standard InChI is InChI=1S/C20H17ClN2O5/c1-3-28-17-9-11(4-7-16(17)27-2)8-14(21)18-22-15-10-12(20(25)26)5-6-13(15)19(24)23-18/h4-10H,3H2,1-2H3,(H,25,26)(H,22,23,24)/b14-8-. The minimum absolute atomic E-state index is 0.0353. The Kier molecular flexibility index (Phi) is 5.65. The van der Waals surface area contributed by atoms with Crippen LogP contribution >= 0.6 is 11.6 Å². The van der Waals surface area contributed by atoms with Gasteiger partial charge in [0.25, 0.3) is 5.56 Å². The van der Waals surface area contributed by atoms with Crippen LogP contribution in [0.3, 0.4) is 0 Å². The molecule has 0 aliphatic carbocycles. The number of aromatic carboxylic acids is 1. The Bertz CT molecular complexity index is 1140. The van der Waals surface area contributed by atoms with Crippen molar-refractivity contribution in [2.45, 2.75) is 6.92 Å². The maximum Gasteiger partial charge on any atom is 0.335 e. The SMILES string of the molecule is CCOc1cc(/C=C(\Cl)c2nc3cc(C(=O)O)ccc3c(=O)[nH]2)ccc1OC. The number of benzene rings is 2. The Morgan fingerprint density at radius 3 is 2.71 bits per heavy atom. The lowest BCUT2D eigenvalue weighted by Gasteiger charge is -2.10. The average molecular weight is 401 g/mol. The zero-order valence-corrected chi connectivity index (χ0v) is 15.9. The van der Waals surface area contributed by atoms with Gasteiger partial charge in [-0.05, 0) is 48.9 Å². The van der Waals surface area contributed by atoms with Gasteiger partial charge in [0.05, 0.1) is 35.2 Å². The number of hydrogen-bond donors (Lipinski definition) is 2. The van der Waals surface area contributed by atoms with E-state index in [9.17, 15) is 9.59 Å². The fourth-order valence-electron chi connectivity index (χ4n) is 2.65. The molecule has 0 atom stereocenters. The molecule has 3 rings (SSSR count). The minimum Gasteiger partial charge on any atom is -0.493 e. The lowest BCUT2D eigenvalue weighted by molar-refractivity contribution is 0.0697. The van der Waals surface area contributed by atoms with Gasteiger partial charge in [-0.25, -0.2) is 9.78 Å². The Hall–Kier alpha value is -3.32. The number of rotatable bonds is 6. The van der Waals surface area contributed by atoms with Gasteiger partial charge in [-0.3, -0.25) is 4.79 Å². The number of carboxylic acid groups (broad SMARTS) is 1. The molecule has 0 unspecified atom stereocenters. The lowest BCUT2D eigenvalue weighted by atomic mass is 10.1. The molecule has 0 saturated carbocycles. The molecule has 144 valence electrons. The van der Waals surface area contributed by atoms with Crippen LogP contribution in [0.1, 0.15) is 28.7 Å². The Morgan fingerprint density at radius 1 is 1.25 bits per heavy atom. The van der Waals surface area contributed by atoms with Crippen molar-refractivity contribution in [1.29, 1.82) is 0 Å². The van der Waals surface area contributed by atoms with Gasteiger partial charge < -0.3 is 19.6 Å². The normalized spacial score (nSPS) is 11.5. The molecule has 3 aromatic rings. The van der Waals surface area contributed by atoms with E-state index in [0.717, 1.165) is 5.56 Å². The Balaban J connectivity index is 2.05. The third-order valence-electron chi connectivity index (χ3n) is 3.96. The highest BCUT2D eigenvalue weighted by molar-refractivity contribution is 6.50. The van der Waals surface area contributed by atoms with E-state index >= 15 is 0 Å². The second kappa shape index (κ2) is 8.14. The highest BCUT2D eigenvalue weighted by Gasteiger charge is 2.11. The van der Waals surface area contributed by atoms with Crippen LogP contribution in [0.15, 0.2) is 41.2 Å². The molecule has 1 aromatic heterocycles. The van der Waals surface area contributed by atoms with Gasteiger partial charge in [0, 0.05) is 0 Å². The topological polar surface area (TPSA) is 102 Å². The third kappa shape index (κ3) is 3.99. The molecular weight excluding hydrogens is 384 g/mol. The Morgan fingerprint density at radius 2 is 2.04 bits per heavy atom. The molecular formula is C20H17ClN2O5. The van der Waals surface area contributed by atoms with Crippen molar-refractivity contribution in [2.75, 3.05) is 13.7 Å². The molecule has 2 aromatic carbocycles. The fourth-order valence-corrected chi connectivity index (χ4v) is 2.87. The molecule has 28 heavy (non-hydrogen) atoms. The lowest BCUT2D eigenvalue weighted by Crippen LogP contribution is -2.11. The van der Waals surface area contributed by atoms with Gasteiger partial charge in [-0.15, -0.1) is 0 Å². The number of aromatic nitrogens is 2. The predicted octanol–water partition coefficient (Wildman–Crippen LogP) is 3.77. The van der Waals surface area contributed by atoms with Crippen molar-refractivity contribution in [3.63, 3.8) is 0 Å². The van der Waals surface area contributed by atoms with Crippen LogP contribution in [-0.2, 0) is 0 Å². The van der Waals surface area contributed by atoms with Crippen LogP contribution in [0.4, 0.5) is 0 Å². The molecule has 7 nitrogen and oxygen atoms in total. The highest BCUT2D eigenvalue weighted by atomic mass is 35.5. The summed E-state index contributed by atoms with van der Waals surface area (Å²) in [5, 5.41) is 9.59. The number of hydrogen-bond acceptors (Lipinski definition) is 5. The minimum atomic E-state index is -1.10. The van der Waals surface area contributed by atoms with Crippen LogP contribution in [0.25, 0.3) is 22.0 Å². The van der Waals surface area contributed by atoms with Gasteiger partial charge >= 0.3 is 5.97 Å². The maximum atomic E-state index is 12.3. The second-order valence-electron chi connectivity index (χ2n) is 5.79. The van der Waals surface area contributed by atoms with Crippen LogP contribution in [-0.4, -0.2) is 34.8 Å². The zero-order valence-electron chi connectivity index (χ0n) is 15.2. The van der Waals surface area contributed by atoms with E-state index in [4.69, 9.17) is 26.2 Å². The molecule has 8 heteroatoms. The third-order valence-corrected chi connectivity index (χ3v) is 4.25. The molecule has 2 N–H and O–H groups in total. The van der Waals surface area contributed by atoms with Crippen LogP contribution in [0, 0.1) is 0 Å². The molecule has 0 fully saturated rings. The van der Waals surface area contributed by atoms with Crippen LogP contribution in [0.2, 0.25) is 0 Å². The van der Waals surface area contributed by atoms with Crippen molar-refractivity contribution in [2.24, 2.45) is 0 Å². The number of carbonyl (C=O) groups is 1. The number of carboxylic acids is 1. The van der Waals surface area contributed by atoms with E-state index in [2.05, 4.69) is 9.97 Å². The number of fused-ring (bicyclic) bond motifs is 1. The summed E-state index contributed by atoms with van der Waals surface area (Å²) < 4.78 is 10.8. The van der Waals surface area contributed by atoms with Crippen molar-refractivity contribution >= 4 is 39.6 Å². The summed E-state index contributed by atoms with van der Waals surface area (Å²) in [4.78, 5) is 30.4. The fraction of sp³-hybridized carbons (Fsp3) is 0.150. The van der Waals surface area contributed by atoms with Gasteiger partial charge in [0.1, 0.15) is 0 Å². The van der Waals surface area contributed by atoms with Crippen LogP contribution in [0.5, 0.6) is 11.5 Å². The van der Waals surface area contributed by atoms with E-state index in [1.807, 2.05) is 6.92 Å². The quantitative estimate of drug-likeness (QED) is 0.653. The Labute approximate surface area is 165 Å². The first-order valence-electron chi connectivity index (χ1n) is 8.38. The second-order valence-corrected chi connectivity index (χ2v) is 6.19. The monoisotopic (exact) mass is 400 g/mol. The number of ether oxygens (including phenoxy) is 2. The van der Waals surface area contributed by atoms with Gasteiger partial charge in [-0.1, -0.05) is 17.7 Å². The number of halogens is 1. The predicted molar refractivity (Wildman–Crippen MR) is 107 cm³/mol. The van der Waals surface area contributed by atoms with E-state index in [-0.39, 0.29) is 27.3 Å². The van der Waals surface area contributed by atoms with Crippen molar-refractivity contribution < 1.29 is 19.4 Å². The maximum absolute atomic E-state index is 12.3. The molecule has 0 bridgehead atoms. The van der Waals surface area contributed by atoms with E-state index in [1.54, 1.807) is 31.4 Å². The van der Waals surface area contributed by atoms with Gasteiger partial charge in [-0.2, -0.15) is 0 Å². The smallest absolute Gasteiger partial charge is 0.335 e. The summed E-state index contributed by atoms with van der Waals surface area (Å²) in [6.45, 7) is 2.34. The average Bonchev–Trinajstić information content (AvgIpc) is 2.68. The summed E-state index contributed by atoms with van der Waals surface area (Å²) >= 11 is 6.36. The molecule has 0 amide bonds. The number of H-pyrrole nitrogens is 1. The van der Waals surface area contributed by atoms with Crippen LogP contribution < -0.4 is 15.0 Å². The van der Waals surface area contributed by atoms with E-state index < -0.39 is 11.5 Å². The first kappa shape index (κ1) is 19.4. The number of nitrogens with zero attached hydrogens (tertiary/aromatic N) is 1. The molecule has 0 aliphatic rings. The number of aromatic amines is 1. The summed E-state index contributed by atoms with van der Waals surface area (Å²) in [5.74, 6) is 0.187. The van der Waals surface area contributed by atoms with Crippen molar-refractivity contribution in [3.8, 4) is 11.5 Å². The van der Waals surface area contributed by atoms with E-state index in [1.165, 1.54) is 18.2 Å².